The van der Waals surface area contributed by atoms with Gasteiger partial charge in [-0.15, -0.1) is 0 Å². The Bertz CT molecular complexity index is 541. The van der Waals surface area contributed by atoms with E-state index in [1.807, 2.05) is 0 Å². The van der Waals surface area contributed by atoms with E-state index in [1.165, 1.54) is 6.33 Å². The van der Waals surface area contributed by atoms with Crippen LogP contribution in [-0.4, -0.2) is 26.2 Å². The van der Waals surface area contributed by atoms with Crippen molar-refractivity contribution < 1.29 is 9.32 Å². The SMILES string of the molecule is Cc1noc(C2CC2)c1NC(=O)c1ncn[nH]1. The molecule has 0 unspecified atom stereocenters. The second kappa shape index (κ2) is 3.69. The number of hydrogen-bond acceptors (Lipinski definition) is 5. The number of aromatic amines is 1. The molecule has 7 nitrogen and oxygen atoms in total. The van der Waals surface area contributed by atoms with Crippen LogP contribution in [0.25, 0.3) is 0 Å². The normalized spacial score (nSPS) is 14.9. The third-order valence-corrected chi connectivity index (χ3v) is 2.71. The molecule has 1 aliphatic carbocycles. The highest BCUT2D eigenvalue weighted by atomic mass is 16.5. The zero-order valence-electron chi connectivity index (χ0n) is 9.23. The van der Waals surface area contributed by atoms with Crippen molar-refractivity contribution in [3.8, 4) is 0 Å². The molecule has 1 aliphatic rings. The Morgan fingerprint density at radius 3 is 3.06 bits per heavy atom. The second-order valence-electron chi connectivity index (χ2n) is 4.07. The first-order chi connectivity index (χ1) is 8.25. The van der Waals surface area contributed by atoms with Gasteiger partial charge in [-0.1, -0.05) is 5.16 Å². The highest BCUT2D eigenvalue weighted by Gasteiger charge is 2.32. The van der Waals surface area contributed by atoms with Crippen molar-refractivity contribution in [1.29, 1.82) is 0 Å². The van der Waals surface area contributed by atoms with Gasteiger partial charge >= 0.3 is 0 Å². The summed E-state index contributed by atoms with van der Waals surface area (Å²) in [7, 11) is 0. The molecule has 1 amide bonds. The number of hydrogen-bond donors (Lipinski definition) is 2. The van der Waals surface area contributed by atoms with Gasteiger partial charge in [0.15, 0.2) is 5.76 Å². The molecule has 0 spiro atoms. The molecule has 3 rings (SSSR count). The summed E-state index contributed by atoms with van der Waals surface area (Å²) in [6.45, 7) is 1.80. The molecule has 0 aromatic carbocycles. The highest BCUT2D eigenvalue weighted by Crippen LogP contribution is 2.44. The first-order valence-corrected chi connectivity index (χ1v) is 5.38. The second-order valence-corrected chi connectivity index (χ2v) is 4.07. The van der Waals surface area contributed by atoms with Crippen LogP contribution in [0.2, 0.25) is 0 Å². The minimum atomic E-state index is -0.337. The Labute approximate surface area is 96.6 Å². The van der Waals surface area contributed by atoms with E-state index >= 15 is 0 Å². The lowest BCUT2D eigenvalue weighted by Gasteiger charge is -2.02. The number of H-pyrrole nitrogens is 1. The van der Waals surface area contributed by atoms with Crippen LogP contribution in [0.5, 0.6) is 0 Å². The molecule has 0 saturated heterocycles. The number of amides is 1. The molecule has 2 heterocycles. The summed E-state index contributed by atoms with van der Waals surface area (Å²) in [4.78, 5) is 15.6. The van der Waals surface area contributed by atoms with Crippen LogP contribution in [0.3, 0.4) is 0 Å². The molecular formula is C10H11N5O2. The first kappa shape index (κ1) is 10.0. The lowest BCUT2D eigenvalue weighted by atomic mass is 10.2. The van der Waals surface area contributed by atoms with E-state index in [0.29, 0.717) is 17.3 Å². The van der Waals surface area contributed by atoms with Crippen molar-refractivity contribution in [2.45, 2.75) is 25.7 Å². The number of aromatic nitrogens is 4. The molecule has 17 heavy (non-hydrogen) atoms. The maximum atomic E-state index is 11.8. The number of carbonyl (C=O) groups is 1. The third-order valence-electron chi connectivity index (χ3n) is 2.71. The summed E-state index contributed by atoms with van der Waals surface area (Å²) in [5.41, 5.74) is 1.34. The fraction of sp³-hybridized carbons (Fsp3) is 0.400. The number of anilines is 1. The number of nitrogens with zero attached hydrogens (tertiary/aromatic N) is 3. The predicted octanol–water partition coefficient (Wildman–Crippen LogP) is 1.23. The van der Waals surface area contributed by atoms with Gasteiger partial charge < -0.3 is 9.84 Å². The van der Waals surface area contributed by atoms with Crippen molar-refractivity contribution in [2.24, 2.45) is 0 Å². The lowest BCUT2D eigenvalue weighted by Crippen LogP contribution is -2.15. The fourth-order valence-corrected chi connectivity index (χ4v) is 1.65. The average molecular weight is 233 g/mol. The maximum absolute atomic E-state index is 11.8. The Morgan fingerprint density at radius 2 is 2.41 bits per heavy atom. The lowest BCUT2D eigenvalue weighted by molar-refractivity contribution is 0.101. The van der Waals surface area contributed by atoms with Gasteiger partial charge in [-0.2, -0.15) is 5.10 Å². The molecule has 0 aliphatic heterocycles. The standard InChI is InChI=1S/C10H11N5O2/c1-5-7(8(17-15-5)6-2-3-6)13-10(16)9-11-4-12-14-9/h4,6H,2-3H2,1H3,(H,13,16)(H,11,12,14). The van der Waals surface area contributed by atoms with Crippen LogP contribution in [0, 0.1) is 6.92 Å². The van der Waals surface area contributed by atoms with Gasteiger partial charge in [0.2, 0.25) is 5.82 Å². The largest absolute Gasteiger partial charge is 0.359 e. The molecule has 0 bridgehead atoms. The minimum Gasteiger partial charge on any atom is -0.359 e. The fourth-order valence-electron chi connectivity index (χ4n) is 1.65. The van der Waals surface area contributed by atoms with Crippen molar-refractivity contribution >= 4 is 11.6 Å². The van der Waals surface area contributed by atoms with Crippen molar-refractivity contribution in [2.75, 3.05) is 5.32 Å². The molecule has 2 N–H and O–H groups in total. The molecule has 0 radical (unpaired) electrons. The summed E-state index contributed by atoms with van der Waals surface area (Å²) in [5.74, 6) is 0.986. The summed E-state index contributed by atoms with van der Waals surface area (Å²) in [6.07, 6.45) is 3.46. The van der Waals surface area contributed by atoms with E-state index in [1.54, 1.807) is 6.92 Å². The smallest absolute Gasteiger partial charge is 0.293 e. The molecule has 7 heteroatoms. The Morgan fingerprint density at radius 1 is 1.59 bits per heavy atom. The Balaban J connectivity index is 1.85. The van der Waals surface area contributed by atoms with Crippen molar-refractivity contribution in [3.05, 3.63) is 23.6 Å². The van der Waals surface area contributed by atoms with Gasteiger partial charge in [0.05, 0.1) is 0 Å². The van der Waals surface area contributed by atoms with Crippen molar-refractivity contribution in [1.82, 2.24) is 20.3 Å². The van der Waals surface area contributed by atoms with Crippen molar-refractivity contribution in [3.63, 3.8) is 0 Å². The van der Waals surface area contributed by atoms with Crippen LogP contribution >= 0.6 is 0 Å². The monoisotopic (exact) mass is 233 g/mol. The first-order valence-electron chi connectivity index (χ1n) is 5.38. The highest BCUT2D eigenvalue weighted by molar-refractivity contribution is 6.02. The molecule has 88 valence electrons. The zero-order chi connectivity index (χ0) is 11.8. The van der Waals surface area contributed by atoms with Gasteiger partial charge in [-0.25, -0.2) is 4.98 Å². The Hall–Kier alpha value is -2.18. The Kier molecular flexibility index (Phi) is 2.17. The van der Waals surface area contributed by atoms with Gasteiger partial charge in [0.25, 0.3) is 5.91 Å². The molecule has 1 saturated carbocycles. The molecule has 1 fully saturated rings. The van der Waals surface area contributed by atoms with Gasteiger partial charge in [-0.3, -0.25) is 9.89 Å². The van der Waals surface area contributed by atoms with E-state index < -0.39 is 0 Å². The van der Waals surface area contributed by atoms with Crippen LogP contribution in [0.1, 0.15) is 40.8 Å². The number of nitrogens with one attached hydrogen (secondary N) is 2. The molecular weight excluding hydrogens is 222 g/mol. The van der Waals surface area contributed by atoms with Gasteiger partial charge in [-0.05, 0) is 19.8 Å². The number of carbonyl (C=O) groups excluding carboxylic acids is 1. The van der Waals surface area contributed by atoms with E-state index in [-0.39, 0.29) is 11.7 Å². The topological polar surface area (TPSA) is 96.7 Å². The average Bonchev–Trinajstić information content (AvgIpc) is 2.89. The molecule has 2 aromatic heterocycles. The minimum absolute atomic E-state index is 0.173. The maximum Gasteiger partial charge on any atom is 0.293 e. The number of rotatable bonds is 3. The number of aryl methyl sites for hydroxylation is 1. The summed E-state index contributed by atoms with van der Waals surface area (Å²) < 4.78 is 5.23. The molecule has 2 aromatic rings. The van der Waals surface area contributed by atoms with E-state index in [2.05, 4.69) is 25.7 Å². The van der Waals surface area contributed by atoms with Crippen LogP contribution in [0.15, 0.2) is 10.9 Å². The third kappa shape index (κ3) is 1.79. The summed E-state index contributed by atoms with van der Waals surface area (Å²) in [5, 5.41) is 12.8. The van der Waals surface area contributed by atoms with Crippen LogP contribution < -0.4 is 5.32 Å². The van der Waals surface area contributed by atoms with E-state index in [4.69, 9.17) is 4.52 Å². The predicted molar refractivity (Wildman–Crippen MR) is 57.6 cm³/mol. The summed E-state index contributed by atoms with van der Waals surface area (Å²) in [6, 6.07) is 0. The quantitative estimate of drug-likeness (QED) is 0.831. The van der Waals surface area contributed by atoms with Gasteiger partial charge in [0.1, 0.15) is 17.7 Å². The van der Waals surface area contributed by atoms with E-state index in [9.17, 15) is 4.79 Å². The zero-order valence-corrected chi connectivity index (χ0v) is 9.23. The molecule has 0 atom stereocenters. The van der Waals surface area contributed by atoms with Gasteiger partial charge in [0, 0.05) is 5.92 Å². The van der Waals surface area contributed by atoms with Crippen LogP contribution in [0.4, 0.5) is 5.69 Å². The summed E-state index contributed by atoms with van der Waals surface area (Å²) >= 11 is 0. The van der Waals surface area contributed by atoms with Crippen LogP contribution in [-0.2, 0) is 0 Å². The van der Waals surface area contributed by atoms with E-state index in [0.717, 1.165) is 18.6 Å².